The third-order valence-electron chi connectivity index (χ3n) is 4.98. The second-order valence-corrected chi connectivity index (χ2v) is 6.70. The first kappa shape index (κ1) is 18.3. The van der Waals surface area contributed by atoms with Crippen molar-refractivity contribution in [3.63, 3.8) is 0 Å². The monoisotopic (exact) mass is 390 g/mol. The molecule has 0 spiro atoms. The van der Waals surface area contributed by atoms with E-state index in [9.17, 15) is 14.4 Å². The van der Waals surface area contributed by atoms with Gasteiger partial charge in [-0.3, -0.25) is 19.6 Å². The smallest absolute Gasteiger partial charge is 0.423 e. The Hall–Kier alpha value is -4.07. The number of nitrogens with zero attached hydrogens (tertiary/aromatic N) is 2. The average molecular weight is 390 g/mol. The summed E-state index contributed by atoms with van der Waals surface area (Å²) in [7, 11) is 3.58. The van der Waals surface area contributed by atoms with Gasteiger partial charge in [-0.1, -0.05) is 30.3 Å². The van der Waals surface area contributed by atoms with E-state index in [-0.39, 0.29) is 5.56 Å². The number of carbonyl (C=O) groups excluding carboxylic acids is 1. The number of pyridine rings is 1. The minimum Gasteiger partial charge on any atom is -0.464 e. The minimum absolute atomic E-state index is 0.113. The number of nitrogens with one attached hydrogen (secondary N) is 2. The molecule has 0 atom stereocenters. The third kappa shape index (κ3) is 3.00. The SMILES string of the molecule is Cn1c(=O)c(-c2ccccc2)cc2c3cc(C(=O)NNC(=O)O)ccc3n(C)c21. The van der Waals surface area contributed by atoms with Crippen molar-refractivity contribution in [2.75, 3.05) is 0 Å². The highest BCUT2D eigenvalue weighted by Crippen LogP contribution is 2.30. The van der Waals surface area contributed by atoms with E-state index >= 15 is 0 Å². The first-order valence-corrected chi connectivity index (χ1v) is 8.85. The summed E-state index contributed by atoms with van der Waals surface area (Å²) in [4.78, 5) is 35.8. The lowest BCUT2D eigenvalue weighted by atomic mass is 10.0. The van der Waals surface area contributed by atoms with Crippen LogP contribution in [0.5, 0.6) is 0 Å². The largest absolute Gasteiger partial charge is 0.464 e. The Labute approximate surface area is 165 Å². The molecule has 8 heteroatoms. The zero-order valence-corrected chi connectivity index (χ0v) is 15.8. The topological polar surface area (TPSA) is 105 Å². The average Bonchev–Trinajstić information content (AvgIpc) is 3.01. The molecule has 2 heterocycles. The summed E-state index contributed by atoms with van der Waals surface area (Å²) in [5, 5.41) is 10.3. The van der Waals surface area contributed by atoms with Gasteiger partial charge in [0.15, 0.2) is 0 Å². The Morgan fingerprint density at radius 1 is 0.897 bits per heavy atom. The zero-order chi connectivity index (χ0) is 20.7. The molecule has 146 valence electrons. The van der Waals surface area contributed by atoms with Crippen LogP contribution < -0.4 is 16.4 Å². The number of amides is 2. The molecule has 0 aliphatic rings. The summed E-state index contributed by atoms with van der Waals surface area (Å²) in [6.07, 6.45) is -1.35. The van der Waals surface area contributed by atoms with Crippen molar-refractivity contribution in [1.82, 2.24) is 20.0 Å². The Bertz CT molecular complexity index is 1340. The van der Waals surface area contributed by atoms with Crippen molar-refractivity contribution in [3.8, 4) is 11.1 Å². The van der Waals surface area contributed by atoms with E-state index in [0.29, 0.717) is 11.1 Å². The maximum Gasteiger partial charge on any atom is 0.423 e. The third-order valence-corrected chi connectivity index (χ3v) is 4.98. The Morgan fingerprint density at radius 3 is 2.31 bits per heavy atom. The summed E-state index contributed by atoms with van der Waals surface area (Å²) >= 11 is 0. The fourth-order valence-electron chi connectivity index (χ4n) is 3.64. The molecule has 4 aromatic rings. The molecule has 2 aromatic heterocycles. The molecule has 0 saturated carbocycles. The second kappa shape index (κ2) is 6.83. The number of aryl methyl sites for hydroxylation is 2. The summed E-state index contributed by atoms with van der Waals surface area (Å²) in [5.74, 6) is -0.570. The van der Waals surface area contributed by atoms with E-state index in [1.54, 1.807) is 29.8 Å². The van der Waals surface area contributed by atoms with E-state index in [1.165, 1.54) is 0 Å². The number of carbonyl (C=O) groups is 2. The van der Waals surface area contributed by atoms with Gasteiger partial charge in [0.2, 0.25) is 0 Å². The lowest BCUT2D eigenvalue weighted by Gasteiger charge is -2.08. The Balaban J connectivity index is 1.96. The quantitative estimate of drug-likeness (QED) is 0.458. The fourth-order valence-corrected chi connectivity index (χ4v) is 3.64. The maximum absolute atomic E-state index is 13.0. The number of benzene rings is 2. The number of hydrazine groups is 1. The summed E-state index contributed by atoms with van der Waals surface area (Å²) in [6, 6.07) is 16.3. The van der Waals surface area contributed by atoms with Gasteiger partial charge in [0.1, 0.15) is 5.65 Å². The van der Waals surface area contributed by atoms with Crippen LogP contribution >= 0.6 is 0 Å². The number of carboxylic acid groups (broad SMARTS) is 1. The van der Waals surface area contributed by atoms with Gasteiger partial charge in [-0.15, -0.1) is 0 Å². The van der Waals surface area contributed by atoms with Gasteiger partial charge < -0.3 is 9.67 Å². The van der Waals surface area contributed by atoms with E-state index in [1.807, 2.05) is 53.4 Å². The lowest BCUT2D eigenvalue weighted by molar-refractivity contribution is 0.0926. The zero-order valence-electron chi connectivity index (χ0n) is 15.8. The molecule has 0 fully saturated rings. The predicted octanol–water partition coefficient (Wildman–Crippen LogP) is 2.61. The Morgan fingerprint density at radius 2 is 1.62 bits per heavy atom. The number of rotatable bonds is 2. The van der Waals surface area contributed by atoms with Gasteiger partial charge in [0, 0.05) is 36.0 Å². The molecule has 0 radical (unpaired) electrons. The van der Waals surface area contributed by atoms with Gasteiger partial charge in [0.05, 0.1) is 5.52 Å². The molecule has 2 amide bonds. The number of aromatic nitrogens is 2. The predicted molar refractivity (Wildman–Crippen MR) is 110 cm³/mol. The normalized spacial score (nSPS) is 11.0. The molecule has 3 N–H and O–H groups in total. The molecule has 0 unspecified atom stereocenters. The van der Waals surface area contributed by atoms with Crippen LogP contribution in [0.25, 0.3) is 33.1 Å². The van der Waals surface area contributed by atoms with Crippen molar-refractivity contribution in [2.45, 2.75) is 0 Å². The van der Waals surface area contributed by atoms with Gasteiger partial charge >= 0.3 is 6.09 Å². The molecule has 0 saturated heterocycles. The highest BCUT2D eigenvalue weighted by Gasteiger charge is 2.17. The molecule has 29 heavy (non-hydrogen) atoms. The van der Waals surface area contributed by atoms with Crippen LogP contribution in [0.15, 0.2) is 59.4 Å². The second-order valence-electron chi connectivity index (χ2n) is 6.70. The van der Waals surface area contributed by atoms with Crippen molar-refractivity contribution in [1.29, 1.82) is 0 Å². The van der Waals surface area contributed by atoms with Crippen LogP contribution in [0.3, 0.4) is 0 Å². The van der Waals surface area contributed by atoms with E-state index in [0.717, 1.165) is 27.5 Å². The molecule has 8 nitrogen and oxygen atoms in total. The summed E-state index contributed by atoms with van der Waals surface area (Å²) in [5.41, 5.74) is 7.11. The van der Waals surface area contributed by atoms with E-state index in [2.05, 4.69) is 5.43 Å². The van der Waals surface area contributed by atoms with Crippen molar-refractivity contribution >= 4 is 33.9 Å². The minimum atomic E-state index is -1.35. The highest BCUT2D eigenvalue weighted by molar-refractivity contribution is 6.10. The van der Waals surface area contributed by atoms with Crippen LogP contribution in [0.1, 0.15) is 10.4 Å². The first-order valence-electron chi connectivity index (χ1n) is 8.85. The lowest BCUT2D eigenvalue weighted by Crippen LogP contribution is -2.40. The number of hydrogen-bond acceptors (Lipinski definition) is 3. The van der Waals surface area contributed by atoms with Gasteiger partial charge in [-0.05, 0) is 29.8 Å². The molecule has 0 aliphatic heterocycles. The number of hydrogen-bond donors (Lipinski definition) is 3. The summed E-state index contributed by atoms with van der Waals surface area (Å²) in [6.45, 7) is 0. The van der Waals surface area contributed by atoms with E-state index < -0.39 is 12.0 Å². The standard InChI is InChI=1S/C21H18N4O4/c1-24-17-9-8-13(18(26)22-23-21(28)29)10-15(17)16-11-14(12-6-4-3-5-7-12)20(27)25(2)19(16)24/h3-11,23H,1-2H3,(H,22,26)(H,28,29). The maximum atomic E-state index is 13.0. The van der Waals surface area contributed by atoms with Crippen LogP contribution in [0.4, 0.5) is 4.79 Å². The van der Waals surface area contributed by atoms with Crippen molar-refractivity contribution in [2.24, 2.45) is 14.1 Å². The fraction of sp³-hybridized carbons (Fsp3) is 0.0952. The molecular weight excluding hydrogens is 372 g/mol. The molecule has 2 aromatic carbocycles. The van der Waals surface area contributed by atoms with Crippen molar-refractivity contribution < 1.29 is 14.7 Å². The van der Waals surface area contributed by atoms with Gasteiger partial charge in [-0.25, -0.2) is 10.2 Å². The first-order chi connectivity index (χ1) is 13.9. The summed E-state index contributed by atoms with van der Waals surface area (Å²) < 4.78 is 3.50. The molecule has 0 bridgehead atoms. The molecule has 0 aliphatic carbocycles. The van der Waals surface area contributed by atoms with Crippen LogP contribution in [-0.4, -0.2) is 26.2 Å². The van der Waals surface area contributed by atoms with Crippen LogP contribution in [-0.2, 0) is 14.1 Å². The van der Waals surface area contributed by atoms with E-state index in [4.69, 9.17) is 5.11 Å². The molecule has 4 rings (SSSR count). The Kier molecular flexibility index (Phi) is 4.31. The highest BCUT2D eigenvalue weighted by atomic mass is 16.4. The van der Waals surface area contributed by atoms with Gasteiger partial charge in [0.25, 0.3) is 11.5 Å². The van der Waals surface area contributed by atoms with Crippen LogP contribution in [0.2, 0.25) is 0 Å². The van der Waals surface area contributed by atoms with Crippen molar-refractivity contribution in [3.05, 3.63) is 70.5 Å². The van der Waals surface area contributed by atoms with Gasteiger partial charge in [-0.2, -0.15) is 0 Å². The molecular formula is C21H18N4O4. The van der Waals surface area contributed by atoms with Crippen LogP contribution in [0, 0.1) is 0 Å². The number of fused-ring (bicyclic) bond motifs is 3.